The lowest BCUT2D eigenvalue weighted by molar-refractivity contribution is -0.122. The molecule has 1 unspecified atom stereocenters. The Morgan fingerprint density at radius 2 is 1.95 bits per heavy atom. The number of nitrogens with one attached hydrogen (secondary N) is 1. The van der Waals surface area contributed by atoms with Crippen LogP contribution >= 0.6 is 23.4 Å². The molecule has 1 amide bonds. The first-order valence-corrected chi connectivity index (χ1v) is 7.98. The molecular weight excluding hydrogens is 294 g/mol. The van der Waals surface area contributed by atoms with Gasteiger partial charge >= 0.3 is 0 Å². The molecule has 2 N–H and O–H groups in total. The number of thioether (sulfide) groups is 1. The average molecular weight is 316 g/mol. The van der Waals surface area contributed by atoms with Crippen LogP contribution in [0, 0.1) is 0 Å². The number of carbonyl (C=O) groups is 1. The second-order valence-electron chi connectivity index (χ2n) is 5.58. The van der Waals surface area contributed by atoms with Crippen molar-refractivity contribution >= 4 is 29.3 Å². The van der Waals surface area contributed by atoms with Crippen LogP contribution in [-0.4, -0.2) is 28.1 Å². The molecule has 1 aromatic carbocycles. The fourth-order valence-electron chi connectivity index (χ4n) is 1.60. The maximum absolute atomic E-state index is 11.7. The molecule has 0 aromatic heterocycles. The third-order valence-corrected chi connectivity index (χ3v) is 4.12. The minimum Gasteiger partial charge on any atom is -0.388 e. The number of aliphatic hydroxyl groups is 1. The van der Waals surface area contributed by atoms with Crippen LogP contribution in [0.3, 0.4) is 0 Å². The van der Waals surface area contributed by atoms with Gasteiger partial charge in [-0.15, -0.1) is 0 Å². The Labute approximate surface area is 130 Å². The number of benzene rings is 1. The van der Waals surface area contributed by atoms with Gasteiger partial charge in [0.05, 0.1) is 12.5 Å². The summed E-state index contributed by atoms with van der Waals surface area (Å²) in [5.74, 6) is 0.730. The summed E-state index contributed by atoms with van der Waals surface area (Å²) in [5, 5.41) is 13.4. The molecule has 1 aromatic rings. The second-order valence-corrected chi connectivity index (χ2v) is 7.94. The Balaban J connectivity index is 2.30. The molecule has 0 radical (unpaired) electrons. The molecule has 0 bridgehead atoms. The molecule has 1 rings (SSSR count). The molecule has 5 heteroatoms. The van der Waals surface area contributed by atoms with Gasteiger partial charge in [0.15, 0.2) is 0 Å². The molecule has 20 heavy (non-hydrogen) atoms. The van der Waals surface area contributed by atoms with Crippen LogP contribution in [0.15, 0.2) is 24.3 Å². The van der Waals surface area contributed by atoms with Crippen molar-refractivity contribution in [1.29, 1.82) is 0 Å². The van der Waals surface area contributed by atoms with Crippen molar-refractivity contribution in [2.75, 3.05) is 12.3 Å². The Kier molecular flexibility index (Phi) is 6.86. The highest BCUT2D eigenvalue weighted by molar-refractivity contribution is 8.00. The lowest BCUT2D eigenvalue weighted by atomic mass is 10.1. The van der Waals surface area contributed by atoms with Crippen LogP contribution in [0.2, 0.25) is 5.02 Å². The van der Waals surface area contributed by atoms with Crippen molar-refractivity contribution < 1.29 is 9.90 Å². The quantitative estimate of drug-likeness (QED) is 0.791. The highest BCUT2D eigenvalue weighted by atomic mass is 35.5. The second kappa shape index (κ2) is 7.91. The first-order chi connectivity index (χ1) is 9.28. The van der Waals surface area contributed by atoms with Crippen molar-refractivity contribution in [3.05, 3.63) is 34.9 Å². The number of amides is 1. The lowest BCUT2D eigenvalue weighted by Gasteiger charge is -2.17. The van der Waals surface area contributed by atoms with E-state index >= 15 is 0 Å². The Morgan fingerprint density at radius 3 is 2.50 bits per heavy atom. The minimum atomic E-state index is -0.789. The van der Waals surface area contributed by atoms with Crippen LogP contribution < -0.4 is 5.32 Å². The Hall–Kier alpha value is -0.710. The molecule has 3 nitrogen and oxygen atoms in total. The van der Waals surface area contributed by atoms with Gasteiger partial charge in [0.1, 0.15) is 0 Å². The largest absolute Gasteiger partial charge is 0.388 e. The van der Waals surface area contributed by atoms with Gasteiger partial charge in [0, 0.05) is 22.1 Å². The summed E-state index contributed by atoms with van der Waals surface area (Å²) in [6.45, 7) is 7.05. The number of halogens is 1. The average Bonchev–Trinajstić information content (AvgIpc) is 2.34. The molecular formula is C15H22ClNO2S. The van der Waals surface area contributed by atoms with E-state index in [0.717, 1.165) is 5.75 Å². The van der Waals surface area contributed by atoms with Crippen molar-refractivity contribution in [1.82, 2.24) is 5.32 Å². The number of aliphatic hydroxyl groups excluding tert-OH is 1. The topological polar surface area (TPSA) is 49.3 Å². The summed E-state index contributed by atoms with van der Waals surface area (Å²) in [4.78, 5) is 11.7. The number of rotatable bonds is 6. The fraction of sp³-hybridized carbons (Fsp3) is 0.533. The van der Waals surface area contributed by atoms with Gasteiger partial charge in [0.25, 0.3) is 0 Å². The van der Waals surface area contributed by atoms with Crippen molar-refractivity contribution in [3.63, 3.8) is 0 Å². The highest BCUT2D eigenvalue weighted by Gasteiger charge is 2.13. The van der Waals surface area contributed by atoms with E-state index in [-0.39, 0.29) is 17.1 Å². The predicted molar refractivity (Wildman–Crippen MR) is 86.2 cm³/mol. The minimum absolute atomic E-state index is 0.0712. The van der Waals surface area contributed by atoms with E-state index in [1.165, 1.54) is 0 Å². The summed E-state index contributed by atoms with van der Waals surface area (Å²) in [6, 6.07) is 6.88. The summed E-state index contributed by atoms with van der Waals surface area (Å²) >= 11 is 7.58. The van der Waals surface area contributed by atoms with Crippen molar-refractivity contribution in [3.8, 4) is 0 Å². The summed E-state index contributed by atoms with van der Waals surface area (Å²) in [6.07, 6.45) is -0.718. The number of carbonyl (C=O) groups excluding carboxylic acids is 1. The van der Waals surface area contributed by atoms with E-state index in [2.05, 4.69) is 26.1 Å². The number of hydrogen-bond donors (Lipinski definition) is 2. The maximum atomic E-state index is 11.7. The van der Waals surface area contributed by atoms with E-state index in [1.807, 2.05) is 0 Å². The molecule has 112 valence electrons. The molecule has 0 fully saturated rings. The number of hydrogen-bond acceptors (Lipinski definition) is 3. The molecule has 0 heterocycles. The van der Waals surface area contributed by atoms with Crippen LogP contribution in [0.5, 0.6) is 0 Å². The van der Waals surface area contributed by atoms with E-state index in [4.69, 9.17) is 11.6 Å². The third-order valence-electron chi connectivity index (χ3n) is 2.59. The monoisotopic (exact) mass is 315 g/mol. The standard InChI is InChI=1S/C15H22ClNO2S/c1-15(2,3)20-9-8-17-14(19)10-13(18)11-4-6-12(16)7-5-11/h4-7,13,18H,8-10H2,1-3H3,(H,17,19). The van der Waals surface area contributed by atoms with E-state index in [0.29, 0.717) is 17.1 Å². The molecule has 0 spiro atoms. The zero-order chi connectivity index (χ0) is 15.2. The van der Waals surface area contributed by atoms with Gasteiger partial charge in [-0.3, -0.25) is 4.79 Å². The van der Waals surface area contributed by atoms with Crippen LogP contribution in [0.1, 0.15) is 38.9 Å². The third kappa shape index (κ3) is 7.17. The lowest BCUT2D eigenvalue weighted by Crippen LogP contribution is -2.28. The van der Waals surface area contributed by atoms with Gasteiger partial charge in [-0.1, -0.05) is 44.5 Å². The summed E-state index contributed by atoms with van der Waals surface area (Å²) in [7, 11) is 0. The van der Waals surface area contributed by atoms with Crippen LogP contribution in [-0.2, 0) is 4.79 Å². The zero-order valence-electron chi connectivity index (χ0n) is 12.1. The van der Waals surface area contributed by atoms with Gasteiger partial charge in [-0.25, -0.2) is 0 Å². The van der Waals surface area contributed by atoms with Gasteiger partial charge in [-0.2, -0.15) is 11.8 Å². The molecule has 0 aliphatic heterocycles. The molecule has 0 aliphatic rings. The van der Waals surface area contributed by atoms with Crippen molar-refractivity contribution in [2.45, 2.75) is 38.0 Å². The molecule has 0 saturated carbocycles. The zero-order valence-corrected chi connectivity index (χ0v) is 13.7. The summed E-state index contributed by atoms with van der Waals surface area (Å²) < 4.78 is 0.202. The van der Waals surface area contributed by atoms with Crippen LogP contribution in [0.4, 0.5) is 0 Å². The van der Waals surface area contributed by atoms with Gasteiger partial charge in [0.2, 0.25) is 5.91 Å². The first-order valence-electron chi connectivity index (χ1n) is 6.62. The van der Waals surface area contributed by atoms with Gasteiger partial charge in [-0.05, 0) is 17.7 Å². The molecule has 0 saturated heterocycles. The van der Waals surface area contributed by atoms with E-state index in [1.54, 1.807) is 36.0 Å². The van der Waals surface area contributed by atoms with Gasteiger partial charge < -0.3 is 10.4 Å². The SMILES string of the molecule is CC(C)(C)SCCNC(=O)CC(O)c1ccc(Cl)cc1. The predicted octanol–water partition coefficient (Wildman–Crippen LogP) is 3.41. The van der Waals surface area contributed by atoms with E-state index in [9.17, 15) is 9.90 Å². The Morgan fingerprint density at radius 1 is 1.35 bits per heavy atom. The molecule has 0 aliphatic carbocycles. The smallest absolute Gasteiger partial charge is 0.222 e. The summed E-state index contributed by atoms with van der Waals surface area (Å²) in [5.41, 5.74) is 0.702. The fourth-order valence-corrected chi connectivity index (χ4v) is 2.54. The van der Waals surface area contributed by atoms with Crippen LogP contribution in [0.25, 0.3) is 0 Å². The highest BCUT2D eigenvalue weighted by Crippen LogP contribution is 2.22. The van der Waals surface area contributed by atoms with E-state index < -0.39 is 6.10 Å². The van der Waals surface area contributed by atoms with Crippen molar-refractivity contribution in [2.24, 2.45) is 0 Å². The first kappa shape index (κ1) is 17.3. The normalized spacial score (nSPS) is 13.1. The molecule has 1 atom stereocenters. The maximum Gasteiger partial charge on any atom is 0.222 e. The Bertz CT molecular complexity index is 428.